The van der Waals surface area contributed by atoms with Crippen molar-refractivity contribution in [2.45, 2.75) is 4.90 Å². The molecule has 0 bridgehead atoms. The highest BCUT2D eigenvalue weighted by Gasteiger charge is 2.18. The van der Waals surface area contributed by atoms with Gasteiger partial charge in [0.2, 0.25) is 0 Å². The molecule has 0 amide bonds. The summed E-state index contributed by atoms with van der Waals surface area (Å²) >= 11 is -3.11. The highest BCUT2D eigenvalue weighted by molar-refractivity contribution is 7.86. The van der Waals surface area contributed by atoms with Crippen molar-refractivity contribution < 1.29 is 31.4 Å². The third-order valence-electron chi connectivity index (χ3n) is 2.12. The molecule has 0 atom stereocenters. The van der Waals surface area contributed by atoms with Crippen LogP contribution in [-0.4, -0.2) is 31.4 Å². The molecule has 0 heterocycles. The predicted molar refractivity (Wildman–Crippen MR) is 65.1 cm³/mol. The molecule has 104 valence electrons. The number of phenols is 1. The first-order valence-corrected chi connectivity index (χ1v) is 7.12. The average Bonchev–Trinajstić information content (AvgIpc) is 2.26. The van der Waals surface area contributed by atoms with Crippen LogP contribution in [0.1, 0.15) is 0 Å². The van der Waals surface area contributed by atoms with Crippen molar-refractivity contribution in [3.05, 3.63) is 36.4 Å². The number of aromatic hydroxyl groups is 1. The molecule has 0 aliphatic carbocycles. The Morgan fingerprint density at radius 1 is 1.05 bits per heavy atom. The van der Waals surface area contributed by atoms with E-state index < -0.39 is 32.1 Å². The van der Waals surface area contributed by atoms with E-state index in [1.54, 1.807) is 24.3 Å². The van der Waals surface area contributed by atoms with Gasteiger partial charge in [0.15, 0.2) is 0 Å². The molecule has 0 spiro atoms. The summed E-state index contributed by atoms with van der Waals surface area (Å²) in [6.45, 7) is 0. The Bertz CT molecular complexity index is 705. The Morgan fingerprint density at radius 2 is 1.58 bits per heavy atom. The van der Waals surface area contributed by atoms with E-state index in [2.05, 4.69) is 0 Å². The first-order valence-electron chi connectivity index (χ1n) is 4.68. The normalized spacial score (nSPS) is 11.2. The lowest BCUT2D eigenvalue weighted by Crippen LogP contribution is -1.99. The molecule has 0 aliphatic heterocycles. The molecule has 0 aromatic heterocycles. The second-order valence-corrected chi connectivity index (χ2v) is 5.08. The van der Waals surface area contributed by atoms with Crippen molar-refractivity contribution in [3.63, 3.8) is 0 Å². The zero-order valence-electron chi connectivity index (χ0n) is 9.22. The summed E-state index contributed by atoms with van der Waals surface area (Å²) in [5.74, 6) is -0.448. The number of phenolic OH excluding ortho intramolecular Hbond substituents is 1. The first kappa shape index (κ1) is 15.5. The number of rotatable bonds is 1. The van der Waals surface area contributed by atoms with Crippen molar-refractivity contribution in [3.8, 4) is 5.75 Å². The van der Waals surface area contributed by atoms with Crippen LogP contribution in [0.3, 0.4) is 0 Å². The third kappa shape index (κ3) is 4.26. The maximum Gasteiger partial charge on any atom is 0.298 e. The summed E-state index contributed by atoms with van der Waals surface area (Å²) in [6.07, 6.45) is 0. The molecule has 2 aromatic rings. The Kier molecular flexibility index (Phi) is 4.97. The second kappa shape index (κ2) is 6.08. The Balaban J connectivity index is 0.000000399. The second-order valence-electron chi connectivity index (χ2n) is 3.31. The highest BCUT2D eigenvalue weighted by Crippen LogP contribution is 2.30. The third-order valence-corrected chi connectivity index (χ3v) is 3.06. The van der Waals surface area contributed by atoms with Crippen LogP contribution >= 0.6 is 0 Å². The minimum atomic E-state index is -4.41. The zero-order chi connectivity index (χ0) is 14.6. The minimum absolute atomic E-state index is 0.306. The maximum absolute atomic E-state index is 11.1. The van der Waals surface area contributed by atoms with Crippen LogP contribution in [0, 0.1) is 0 Å². The Morgan fingerprint density at radius 3 is 2.11 bits per heavy atom. The van der Waals surface area contributed by atoms with E-state index in [0.29, 0.717) is 10.8 Å². The van der Waals surface area contributed by atoms with Gasteiger partial charge in [0.25, 0.3) is 10.1 Å². The molecule has 7 nitrogen and oxygen atoms in total. The lowest BCUT2D eigenvalue weighted by Gasteiger charge is -2.05. The molecule has 19 heavy (non-hydrogen) atoms. The molecule has 0 saturated carbocycles. The van der Waals surface area contributed by atoms with E-state index in [1.165, 1.54) is 12.1 Å². The quantitative estimate of drug-likeness (QED) is 0.586. The molecule has 2 aromatic carbocycles. The van der Waals surface area contributed by atoms with Crippen molar-refractivity contribution >= 4 is 32.3 Å². The van der Waals surface area contributed by atoms with E-state index in [0.717, 1.165) is 0 Å². The van der Waals surface area contributed by atoms with E-state index in [9.17, 15) is 13.5 Å². The van der Waals surface area contributed by atoms with E-state index in [-0.39, 0.29) is 0 Å². The Labute approximate surface area is 111 Å². The molecule has 2 N–H and O–H groups in total. The van der Waals surface area contributed by atoms with Gasteiger partial charge in [-0.15, -0.1) is 11.4 Å². The van der Waals surface area contributed by atoms with Gasteiger partial charge in [-0.05, 0) is 11.5 Å². The topological polar surface area (TPSA) is 138 Å². The van der Waals surface area contributed by atoms with Gasteiger partial charge in [-0.1, -0.05) is 30.3 Å². The van der Waals surface area contributed by atoms with Gasteiger partial charge in [-0.2, -0.15) is 8.42 Å². The molecular weight excluding hydrogens is 296 g/mol. The lowest BCUT2D eigenvalue weighted by atomic mass is 10.1. The summed E-state index contributed by atoms with van der Waals surface area (Å²) in [7, 11) is -4.41. The van der Waals surface area contributed by atoms with Gasteiger partial charge in [-0.25, -0.2) is 0 Å². The minimum Gasteiger partial charge on any atom is -0.784 e. The van der Waals surface area contributed by atoms with Crippen molar-refractivity contribution in [2.75, 3.05) is 0 Å². The van der Waals surface area contributed by atoms with Gasteiger partial charge in [0.1, 0.15) is 10.6 Å². The molecule has 2 rings (SSSR count). The lowest BCUT2D eigenvalue weighted by molar-refractivity contribution is 0.419. The monoisotopic (exact) mass is 304 g/mol. The largest absolute Gasteiger partial charge is 0.784 e. The predicted octanol–water partition coefficient (Wildman–Crippen LogP) is 0.788. The number of hydrogen-bond acceptors (Lipinski definition) is 6. The standard InChI is InChI=1S/C10H8O4S.H2O3S/c11-9-6-5-7-3-1-2-4-8(7)10(9)15(12,13)14;1-4(2)3/h1-6,11H,(H,12,13,14);(H2,1,2,3)/p-2. The molecule has 0 fully saturated rings. The smallest absolute Gasteiger partial charge is 0.298 e. The van der Waals surface area contributed by atoms with Crippen LogP contribution in [0.2, 0.25) is 0 Å². The molecular formula is C10H8O7S2-2. The molecule has 9 heteroatoms. The molecule has 0 unspecified atom stereocenters. The van der Waals surface area contributed by atoms with Crippen molar-refractivity contribution in [1.82, 2.24) is 0 Å². The van der Waals surface area contributed by atoms with E-state index >= 15 is 0 Å². The zero-order valence-corrected chi connectivity index (χ0v) is 10.8. The fraction of sp³-hybridized carbons (Fsp3) is 0. The van der Waals surface area contributed by atoms with Gasteiger partial charge < -0.3 is 14.2 Å². The summed E-state index contributed by atoms with van der Waals surface area (Å²) < 4.78 is 56.4. The summed E-state index contributed by atoms with van der Waals surface area (Å²) in [5.41, 5.74) is 0. The molecule has 0 radical (unpaired) electrons. The van der Waals surface area contributed by atoms with Crippen molar-refractivity contribution in [2.24, 2.45) is 0 Å². The van der Waals surface area contributed by atoms with Crippen LogP contribution in [0.4, 0.5) is 0 Å². The summed E-state index contributed by atoms with van der Waals surface area (Å²) in [6, 6.07) is 9.43. The van der Waals surface area contributed by atoms with Gasteiger partial charge in [0, 0.05) is 5.39 Å². The summed E-state index contributed by atoms with van der Waals surface area (Å²) in [4.78, 5) is -0.444. The fourth-order valence-electron chi connectivity index (χ4n) is 1.50. The van der Waals surface area contributed by atoms with E-state index in [4.69, 9.17) is 17.9 Å². The number of hydrogen-bond donors (Lipinski definition) is 2. The first-order chi connectivity index (χ1) is 8.73. The average molecular weight is 304 g/mol. The van der Waals surface area contributed by atoms with Crippen LogP contribution < -0.4 is 0 Å². The fourth-order valence-corrected chi connectivity index (χ4v) is 2.30. The van der Waals surface area contributed by atoms with Crippen LogP contribution in [0.15, 0.2) is 41.3 Å². The van der Waals surface area contributed by atoms with Crippen molar-refractivity contribution in [1.29, 1.82) is 0 Å². The van der Waals surface area contributed by atoms with Crippen LogP contribution in [0.25, 0.3) is 10.8 Å². The van der Waals surface area contributed by atoms with Gasteiger partial charge in [0.05, 0.1) is 0 Å². The Hall–Kier alpha value is -1.52. The van der Waals surface area contributed by atoms with Crippen LogP contribution in [-0.2, 0) is 21.5 Å². The van der Waals surface area contributed by atoms with Gasteiger partial charge >= 0.3 is 0 Å². The molecule has 0 aliphatic rings. The van der Waals surface area contributed by atoms with Crippen LogP contribution in [0.5, 0.6) is 5.75 Å². The number of benzene rings is 2. The molecule has 0 saturated heterocycles. The number of fused-ring (bicyclic) bond motifs is 1. The summed E-state index contributed by atoms with van der Waals surface area (Å²) in [5, 5.41) is 10.4. The van der Waals surface area contributed by atoms with E-state index in [1.807, 2.05) is 0 Å². The van der Waals surface area contributed by atoms with Gasteiger partial charge in [-0.3, -0.25) is 8.76 Å². The SMILES string of the molecule is O=S(=O)(O)c1c(O)ccc2ccccc12.O=S([O-])[O-]. The maximum atomic E-state index is 11.1. The highest BCUT2D eigenvalue weighted by atomic mass is 32.2.